The zero-order chi connectivity index (χ0) is 27.2. The van der Waals surface area contributed by atoms with Crippen molar-refractivity contribution in [1.82, 2.24) is 0 Å². The fourth-order valence-electron chi connectivity index (χ4n) is 9.09. The van der Waals surface area contributed by atoms with Crippen molar-refractivity contribution in [3.05, 3.63) is 30.3 Å². The zero-order valence-corrected chi connectivity index (χ0v) is 21.5. The Morgan fingerprint density at radius 3 is 2.08 bits per heavy atom. The van der Waals surface area contributed by atoms with Gasteiger partial charge in [0.25, 0.3) is 0 Å². The summed E-state index contributed by atoms with van der Waals surface area (Å²) in [5.74, 6) is -10.5. The van der Waals surface area contributed by atoms with Crippen molar-refractivity contribution in [2.75, 3.05) is 12.0 Å². The van der Waals surface area contributed by atoms with Gasteiger partial charge < -0.3 is 9.84 Å². The first-order valence-electron chi connectivity index (χ1n) is 13.4. The molecule has 0 spiro atoms. The average molecular weight is 522 g/mol. The average Bonchev–Trinajstić information content (AvgIpc) is 3.14. The highest BCUT2D eigenvalue weighted by Gasteiger charge is 2.75. The minimum absolute atomic E-state index is 0.118. The molecule has 6 aliphatic rings. The number of aliphatic carboxylic acids is 1. The molecule has 0 aromatic heterocycles. The van der Waals surface area contributed by atoms with Crippen LogP contribution in [0.25, 0.3) is 0 Å². The van der Waals surface area contributed by atoms with Gasteiger partial charge in [-0.3, -0.25) is 33.7 Å². The van der Waals surface area contributed by atoms with Crippen LogP contribution < -0.4 is 4.90 Å². The maximum absolute atomic E-state index is 14.1. The Labute approximate surface area is 219 Å². The lowest BCUT2D eigenvalue weighted by Crippen LogP contribution is -2.47. The number of hydrogen-bond donors (Lipinski definition) is 1. The lowest BCUT2D eigenvalue weighted by molar-refractivity contribution is -0.164. The molecule has 1 aromatic carbocycles. The Kier molecular flexibility index (Phi) is 5.63. The molecule has 12 atom stereocenters. The van der Waals surface area contributed by atoms with Crippen molar-refractivity contribution in [2.24, 2.45) is 71.0 Å². The number of methoxy groups -OCH3 is 1. The highest BCUT2D eigenvalue weighted by molar-refractivity contribution is 6.24. The van der Waals surface area contributed by atoms with Crippen LogP contribution in [0.4, 0.5) is 5.69 Å². The minimum Gasteiger partial charge on any atom is -0.481 e. The molecule has 2 amide bonds. The number of ether oxygens (including phenoxy) is 1. The second-order valence-electron chi connectivity index (χ2n) is 11.9. The quantitative estimate of drug-likeness (QED) is 0.328. The number of esters is 1. The molecule has 9 nitrogen and oxygen atoms in total. The van der Waals surface area contributed by atoms with E-state index in [0.717, 1.165) is 18.4 Å². The van der Waals surface area contributed by atoms with Crippen molar-refractivity contribution < 1.29 is 38.6 Å². The van der Waals surface area contributed by atoms with Crippen LogP contribution in [0, 0.1) is 71.0 Å². The number of imide groups is 1. The molecule has 9 heteroatoms. The van der Waals surface area contributed by atoms with Crippen LogP contribution in [0.5, 0.6) is 0 Å². The second kappa shape index (κ2) is 8.58. The summed E-state index contributed by atoms with van der Waals surface area (Å²) < 4.78 is 5.11. The number of ketones is 2. The summed E-state index contributed by atoms with van der Waals surface area (Å²) in [6.07, 6.45) is 0.559. The SMILES string of the molecule is COC(=O)C(C1C(=O)N(c2ccccc2)C(=O)C1C1C(=O)CC(=O)C1C)C(C(=O)O)C1C2CC3C(C2C)C31. The number of Topliss-reactive ketones (excluding diaryl/α,β-unsaturated/α-hetero) is 2. The number of carboxylic acids is 1. The molecule has 0 radical (unpaired) electrons. The summed E-state index contributed by atoms with van der Waals surface area (Å²) in [5.41, 5.74) is 0.272. The molecule has 38 heavy (non-hydrogen) atoms. The van der Waals surface area contributed by atoms with Crippen molar-refractivity contribution in [3.8, 4) is 0 Å². The van der Waals surface area contributed by atoms with Gasteiger partial charge in [-0.15, -0.1) is 0 Å². The molecular weight excluding hydrogens is 490 g/mol. The number of nitrogens with zero attached hydrogens (tertiary/aromatic N) is 1. The molecule has 1 heterocycles. The largest absolute Gasteiger partial charge is 0.481 e. The number of amides is 2. The monoisotopic (exact) mass is 521 g/mol. The summed E-state index contributed by atoms with van der Waals surface area (Å²) >= 11 is 0. The van der Waals surface area contributed by atoms with Crippen molar-refractivity contribution in [2.45, 2.75) is 26.7 Å². The van der Waals surface area contributed by atoms with Crippen molar-refractivity contribution >= 4 is 41.0 Å². The summed E-state index contributed by atoms with van der Waals surface area (Å²) in [7, 11) is 1.14. The first-order valence-corrected chi connectivity index (χ1v) is 13.4. The van der Waals surface area contributed by atoms with Crippen LogP contribution >= 0.6 is 0 Å². The first-order chi connectivity index (χ1) is 18.1. The molecule has 1 aromatic rings. The van der Waals surface area contributed by atoms with E-state index in [2.05, 4.69) is 6.92 Å². The first kappa shape index (κ1) is 24.9. The molecule has 200 valence electrons. The van der Waals surface area contributed by atoms with E-state index < -0.39 is 65.0 Å². The predicted octanol–water partition coefficient (Wildman–Crippen LogP) is 2.22. The summed E-state index contributed by atoms with van der Waals surface area (Å²) in [6, 6.07) is 8.18. The van der Waals surface area contributed by atoms with Crippen molar-refractivity contribution in [3.63, 3.8) is 0 Å². The number of benzene rings is 1. The smallest absolute Gasteiger partial charge is 0.310 e. The minimum atomic E-state index is -1.46. The van der Waals surface area contributed by atoms with Crippen molar-refractivity contribution in [1.29, 1.82) is 0 Å². The van der Waals surface area contributed by atoms with E-state index in [1.165, 1.54) is 0 Å². The molecule has 6 fully saturated rings. The number of carbonyl (C=O) groups is 6. The molecule has 7 rings (SSSR count). The van der Waals surface area contributed by atoms with Gasteiger partial charge in [-0.25, -0.2) is 0 Å². The van der Waals surface area contributed by atoms with Crippen LogP contribution in [-0.4, -0.2) is 47.5 Å². The molecular formula is C29H31NO8. The van der Waals surface area contributed by atoms with E-state index in [-0.39, 0.29) is 35.6 Å². The zero-order valence-electron chi connectivity index (χ0n) is 21.5. The number of hydrogen-bond acceptors (Lipinski definition) is 7. The third kappa shape index (κ3) is 3.23. The van der Waals surface area contributed by atoms with Gasteiger partial charge >= 0.3 is 11.9 Å². The molecule has 5 aliphatic carbocycles. The molecule has 4 bridgehead atoms. The van der Waals surface area contributed by atoms with E-state index in [4.69, 9.17) is 4.74 Å². The fourth-order valence-corrected chi connectivity index (χ4v) is 9.09. The Morgan fingerprint density at radius 1 is 0.921 bits per heavy atom. The standard InChI is InChI=1S/C29H31NO8/c1-11-14-9-15-18(11)21(15)20(14)24(28(35)36)25(29(37)38-3)23-22(19-12(2)16(31)10-17(19)32)26(33)30(27(23)34)13-7-5-4-6-8-13/h4-8,11-12,14-15,18-25H,9-10H2,1-3H3,(H,35,36). The Balaban J connectivity index is 1.49. The molecule has 1 N–H and O–H groups in total. The van der Waals surface area contributed by atoms with Gasteiger partial charge in [-0.05, 0) is 54.1 Å². The van der Waals surface area contributed by atoms with Crippen LogP contribution in [-0.2, 0) is 33.5 Å². The molecule has 12 unspecified atom stereocenters. The van der Waals surface area contributed by atoms with Crippen LogP contribution in [0.15, 0.2) is 30.3 Å². The van der Waals surface area contributed by atoms with Gasteiger partial charge in [-0.1, -0.05) is 32.0 Å². The maximum atomic E-state index is 14.1. The summed E-state index contributed by atoms with van der Waals surface area (Å²) in [5, 5.41) is 10.6. The summed E-state index contributed by atoms with van der Waals surface area (Å²) in [6.45, 7) is 3.68. The normalized spacial score (nSPS) is 40.6. The molecule has 1 aliphatic heterocycles. The van der Waals surface area contributed by atoms with Gasteiger partial charge in [0.1, 0.15) is 11.6 Å². The number of rotatable bonds is 7. The Bertz CT molecular complexity index is 1260. The van der Waals surface area contributed by atoms with Crippen LogP contribution in [0.2, 0.25) is 0 Å². The molecule has 1 saturated heterocycles. The lowest BCUT2D eigenvalue weighted by atomic mass is 9.65. The fraction of sp³-hybridized carbons (Fsp3) is 0.586. The topological polar surface area (TPSA) is 135 Å². The van der Waals surface area contributed by atoms with Gasteiger partial charge in [-0.2, -0.15) is 0 Å². The van der Waals surface area contributed by atoms with Crippen LogP contribution in [0.3, 0.4) is 0 Å². The van der Waals surface area contributed by atoms with E-state index >= 15 is 0 Å². The number of carboxylic acid groups (broad SMARTS) is 1. The summed E-state index contributed by atoms with van der Waals surface area (Å²) in [4.78, 5) is 81.1. The van der Waals surface area contributed by atoms with E-state index in [9.17, 15) is 33.9 Å². The highest BCUT2D eigenvalue weighted by atomic mass is 16.5. The lowest BCUT2D eigenvalue weighted by Gasteiger charge is -2.35. The van der Waals surface area contributed by atoms with Gasteiger partial charge in [0.2, 0.25) is 11.8 Å². The van der Waals surface area contributed by atoms with Gasteiger partial charge in [0.05, 0.1) is 42.9 Å². The third-order valence-electron chi connectivity index (χ3n) is 10.6. The number of para-hydroxylation sites is 1. The number of carbonyl (C=O) groups excluding carboxylic acids is 5. The molecule has 5 saturated carbocycles. The van der Waals surface area contributed by atoms with E-state index in [1.807, 2.05) is 0 Å². The van der Waals surface area contributed by atoms with Crippen LogP contribution in [0.1, 0.15) is 26.7 Å². The predicted molar refractivity (Wildman–Crippen MR) is 131 cm³/mol. The second-order valence-corrected chi connectivity index (χ2v) is 11.9. The number of anilines is 1. The van der Waals surface area contributed by atoms with E-state index in [0.29, 0.717) is 17.8 Å². The van der Waals surface area contributed by atoms with E-state index in [1.54, 1.807) is 37.3 Å². The highest BCUT2D eigenvalue weighted by Crippen LogP contribution is 2.77. The third-order valence-corrected chi connectivity index (χ3v) is 10.6. The maximum Gasteiger partial charge on any atom is 0.310 e. The van der Waals surface area contributed by atoms with Gasteiger partial charge in [0.15, 0.2) is 0 Å². The Morgan fingerprint density at radius 2 is 1.61 bits per heavy atom. The Hall–Kier alpha value is -3.36. The van der Waals surface area contributed by atoms with Gasteiger partial charge in [0, 0.05) is 11.8 Å².